The third-order valence-corrected chi connectivity index (χ3v) is 6.10. The van der Waals surface area contributed by atoms with Crippen molar-refractivity contribution in [1.82, 2.24) is 14.9 Å². The molecule has 3 aliphatic rings. The van der Waals surface area contributed by atoms with Gasteiger partial charge in [-0.3, -0.25) is 4.90 Å². The molecule has 0 N–H and O–H groups in total. The average Bonchev–Trinajstić information content (AvgIpc) is 2.58. The molecule has 2 aliphatic carbocycles. The fraction of sp³-hybridized carbons (Fsp3) is 0.722. The Morgan fingerprint density at radius 2 is 2.09 bits per heavy atom. The van der Waals surface area contributed by atoms with Crippen molar-refractivity contribution >= 4 is 5.97 Å². The number of nitrogens with zero attached hydrogens (tertiary/aromatic N) is 3. The first kappa shape index (κ1) is 15.1. The van der Waals surface area contributed by atoms with Crippen molar-refractivity contribution in [1.29, 1.82) is 0 Å². The number of fused-ring (bicyclic) bond motifs is 1. The van der Waals surface area contributed by atoms with Gasteiger partial charge in [0, 0.05) is 37.3 Å². The topological polar surface area (TPSA) is 55.3 Å². The molecule has 5 heteroatoms. The van der Waals surface area contributed by atoms with E-state index in [1.807, 2.05) is 6.20 Å². The van der Waals surface area contributed by atoms with Crippen LogP contribution in [0.15, 0.2) is 6.20 Å². The average molecular weight is 315 g/mol. The normalized spacial score (nSPS) is 24.0. The number of aromatic nitrogens is 2. The van der Waals surface area contributed by atoms with Crippen molar-refractivity contribution < 1.29 is 9.53 Å². The Bertz CT molecular complexity index is 602. The van der Waals surface area contributed by atoms with Crippen LogP contribution in [0.2, 0.25) is 0 Å². The van der Waals surface area contributed by atoms with Gasteiger partial charge in [0.2, 0.25) is 5.82 Å². The van der Waals surface area contributed by atoms with Crippen LogP contribution >= 0.6 is 0 Å². The van der Waals surface area contributed by atoms with Crippen molar-refractivity contribution in [3.63, 3.8) is 0 Å². The van der Waals surface area contributed by atoms with Crippen LogP contribution in [0.25, 0.3) is 0 Å². The van der Waals surface area contributed by atoms with Gasteiger partial charge in [0.05, 0.1) is 12.8 Å². The smallest absolute Gasteiger partial charge is 0.376 e. The Hall–Kier alpha value is -1.49. The van der Waals surface area contributed by atoms with Crippen LogP contribution in [0, 0.1) is 5.41 Å². The molecule has 1 aromatic heterocycles. The van der Waals surface area contributed by atoms with E-state index >= 15 is 0 Å². The summed E-state index contributed by atoms with van der Waals surface area (Å²) in [6, 6.07) is 0.738. The highest BCUT2D eigenvalue weighted by Gasteiger charge is 2.46. The molecule has 23 heavy (non-hydrogen) atoms. The lowest BCUT2D eigenvalue weighted by Crippen LogP contribution is -2.52. The van der Waals surface area contributed by atoms with Crippen molar-refractivity contribution in [2.75, 3.05) is 13.7 Å². The van der Waals surface area contributed by atoms with Crippen LogP contribution in [0.4, 0.5) is 0 Å². The number of hydrogen-bond donors (Lipinski definition) is 0. The molecule has 2 heterocycles. The van der Waals surface area contributed by atoms with Gasteiger partial charge < -0.3 is 4.74 Å². The molecule has 1 aliphatic heterocycles. The van der Waals surface area contributed by atoms with E-state index in [0.29, 0.717) is 5.41 Å². The van der Waals surface area contributed by atoms with Crippen LogP contribution in [0.1, 0.15) is 66.8 Å². The fourth-order valence-corrected chi connectivity index (χ4v) is 4.75. The zero-order chi connectivity index (χ0) is 15.9. The third-order valence-electron chi connectivity index (χ3n) is 6.10. The molecule has 124 valence electrons. The second-order valence-corrected chi connectivity index (χ2v) is 7.50. The van der Waals surface area contributed by atoms with Crippen molar-refractivity contribution in [3.8, 4) is 0 Å². The predicted molar refractivity (Wildman–Crippen MR) is 86.0 cm³/mol. The summed E-state index contributed by atoms with van der Waals surface area (Å²) in [5.41, 5.74) is 2.87. The minimum atomic E-state index is -0.450. The number of rotatable bonds is 2. The van der Waals surface area contributed by atoms with Gasteiger partial charge >= 0.3 is 5.97 Å². The monoisotopic (exact) mass is 315 g/mol. The lowest BCUT2D eigenvalue weighted by atomic mass is 9.58. The first-order chi connectivity index (χ1) is 11.2. The summed E-state index contributed by atoms with van der Waals surface area (Å²) in [7, 11) is 1.37. The molecule has 1 spiro atoms. The first-order valence-electron chi connectivity index (χ1n) is 8.86. The van der Waals surface area contributed by atoms with E-state index in [-0.39, 0.29) is 5.82 Å². The second-order valence-electron chi connectivity index (χ2n) is 7.50. The van der Waals surface area contributed by atoms with Crippen molar-refractivity contribution in [2.45, 2.75) is 64.0 Å². The lowest BCUT2D eigenvalue weighted by molar-refractivity contribution is -0.0310. The Labute approximate surface area is 137 Å². The van der Waals surface area contributed by atoms with Crippen LogP contribution in [-0.4, -0.2) is 40.5 Å². The molecule has 0 amide bonds. The van der Waals surface area contributed by atoms with E-state index in [4.69, 9.17) is 4.74 Å². The summed E-state index contributed by atoms with van der Waals surface area (Å²) in [5.74, 6) is -0.266. The highest BCUT2D eigenvalue weighted by atomic mass is 16.5. The van der Waals surface area contributed by atoms with E-state index in [1.54, 1.807) is 0 Å². The maximum atomic E-state index is 11.5. The fourth-order valence-electron chi connectivity index (χ4n) is 4.75. The predicted octanol–water partition coefficient (Wildman–Crippen LogP) is 2.73. The van der Waals surface area contributed by atoms with Gasteiger partial charge in [0.25, 0.3) is 0 Å². The Balaban J connectivity index is 1.41. The number of ether oxygens (including phenoxy) is 1. The molecular weight excluding hydrogens is 290 g/mol. The SMILES string of the molecule is COC(=O)c1ncc2c(n1)CCN(C1CC3(CCCCC3)C1)C2. The van der Waals surface area contributed by atoms with Gasteiger partial charge in [-0.25, -0.2) is 14.8 Å². The van der Waals surface area contributed by atoms with Crippen molar-refractivity contribution in [2.24, 2.45) is 5.41 Å². The third kappa shape index (κ3) is 2.75. The Morgan fingerprint density at radius 3 is 2.83 bits per heavy atom. The van der Waals surface area contributed by atoms with E-state index in [1.165, 1.54) is 57.6 Å². The number of methoxy groups -OCH3 is 1. The number of esters is 1. The Morgan fingerprint density at radius 1 is 1.30 bits per heavy atom. The summed E-state index contributed by atoms with van der Waals surface area (Å²) in [6.45, 7) is 1.98. The first-order valence-corrected chi connectivity index (χ1v) is 8.86. The summed E-state index contributed by atoms with van der Waals surface area (Å²) in [6.07, 6.45) is 12.7. The van der Waals surface area contributed by atoms with Gasteiger partial charge in [-0.15, -0.1) is 0 Å². The largest absolute Gasteiger partial charge is 0.463 e. The van der Waals surface area contributed by atoms with Crippen LogP contribution in [-0.2, 0) is 17.7 Å². The van der Waals surface area contributed by atoms with Gasteiger partial charge in [-0.2, -0.15) is 0 Å². The van der Waals surface area contributed by atoms with E-state index in [0.717, 1.165) is 31.2 Å². The highest BCUT2D eigenvalue weighted by molar-refractivity contribution is 5.84. The van der Waals surface area contributed by atoms with E-state index < -0.39 is 5.97 Å². The second kappa shape index (κ2) is 5.86. The summed E-state index contributed by atoms with van der Waals surface area (Å²) < 4.78 is 4.70. The molecule has 0 aromatic carbocycles. The molecule has 0 saturated heterocycles. The number of carbonyl (C=O) groups is 1. The molecule has 0 radical (unpaired) electrons. The molecule has 4 rings (SSSR count). The highest BCUT2D eigenvalue weighted by Crippen LogP contribution is 2.53. The van der Waals surface area contributed by atoms with Gasteiger partial charge in [-0.05, 0) is 31.1 Å². The molecule has 5 nitrogen and oxygen atoms in total. The zero-order valence-corrected chi connectivity index (χ0v) is 13.9. The van der Waals surface area contributed by atoms with Gasteiger partial charge in [0.1, 0.15) is 0 Å². The molecule has 2 fully saturated rings. The summed E-state index contributed by atoms with van der Waals surface area (Å²) >= 11 is 0. The molecule has 2 saturated carbocycles. The molecule has 0 atom stereocenters. The van der Waals surface area contributed by atoms with E-state index in [9.17, 15) is 4.79 Å². The quantitative estimate of drug-likeness (QED) is 0.786. The maximum Gasteiger partial charge on any atom is 0.376 e. The maximum absolute atomic E-state index is 11.5. The van der Waals surface area contributed by atoms with Crippen LogP contribution in [0.5, 0.6) is 0 Å². The van der Waals surface area contributed by atoms with Crippen LogP contribution in [0.3, 0.4) is 0 Å². The van der Waals surface area contributed by atoms with Gasteiger partial charge in [0.15, 0.2) is 0 Å². The summed E-state index contributed by atoms with van der Waals surface area (Å²) in [4.78, 5) is 22.7. The number of carbonyl (C=O) groups excluding carboxylic acids is 1. The molecule has 0 bridgehead atoms. The molecule has 0 unspecified atom stereocenters. The number of hydrogen-bond acceptors (Lipinski definition) is 5. The minimum Gasteiger partial charge on any atom is -0.463 e. The van der Waals surface area contributed by atoms with E-state index in [2.05, 4.69) is 14.9 Å². The Kier molecular flexibility index (Phi) is 3.84. The van der Waals surface area contributed by atoms with Gasteiger partial charge in [-0.1, -0.05) is 19.3 Å². The lowest BCUT2D eigenvalue weighted by Gasteiger charge is -2.54. The molecular formula is C18H25N3O2. The standard InChI is InChI=1S/C18H25N3O2/c1-23-17(22)16-19-11-13-12-21(8-5-15(13)20-16)14-9-18(10-14)6-3-2-4-7-18/h11,14H,2-10,12H2,1H3. The summed E-state index contributed by atoms with van der Waals surface area (Å²) in [5, 5.41) is 0. The molecule has 1 aromatic rings. The van der Waals surface area contributed by atoms with Crippen molar-refractivity contribution in [3.05, 3.63) is 23.3 Å². The van der Waals surface area contributed by atoms with Crippen LogP contribution < -0.4 is 0 Å². The zero-order valence-electron chi connectivity index (χ0n) is 13.9. The minimum absolute atomic E-state index is 0.185.